The Labute approximate surface area is 101 Å². The Hall–Kier alpha value is -1.39. The summed E-state index contributed by atoms with van der Waals surface area (Å²) in [5.74, 6) is -1.83. The molecule has 0 aliphatic rings. The lowest BCUT2D eigenvalue weighted by molar-refractivity contribution is -0.147. The van der Waals surface area contributed by atoms with Crippen LogP contribution in [0.2, 0.25) is 0 Å². The van der Waals surface area contributed by atoms with E-state index in [1.54, 1.807) is 0 Å². The number of carbonyl (C=O) groups is 2. The maximum absolute atomic E-state index is 11.9. The summed E-state index contributed by atoms with van der Waals surface area (Å²) in [5.41, 5.74) is 0.0830. The molecule has 4 nitrogen and oxygen atoms in total. The van der Waals surface area contributed by atoms with Gasteiger partial charge in [0.25, 0.3) is 0 Å². The first-order valence-electron chi connectivity index (χ1n) is 5.49. The van der Waals surface area contributed by atoms with E-state index in [4.69, 9.17) is 0 Å². The SMILES string of the molecule is C=C(C(=O)OC)C(CCCCCF)C(=O)OC. The standard InChI is InChI=1S/C12H19FO4/c1-9(11(14)16-2)10(12(15)17-3)7-5-4-6-8-13/h10H,1,4-8H2,2-3H3. The average molecular weight is 246 g/mol. The number of unbranched alkanes of at least 4 members (excludes halogenated alkanes) is 2. The lowest BCUT2D eigenvalue weighted by Gasteiger charge is -2.15. The second kappa shape index (κ2) is 8.73. The number of halogens is 1. The molecule has 98 valence electrons. The van der Waals surface area contributed by atoms with Crippen molar-refractivity contribution in [3.8, 4) is 0 Å². The molecule has 0 saturated carbocycles. The molecule has 0 aromatic rings. The summed E-state index contributed by atoms with van der Waals surface area (Å²) in [7, 11) is 2.48. The molecule has 0 N–H and O–H groups in total. The quantitative estimate of drug-likeness (QED) is 0.373. The van der Waals surface area contributed by atoms with Gasteiger partial charge in [0.05, 0.1) is 26.8 Å². The largest absolute Gasteiger partial charge is 0.469 e. The van der Waals surface area contributed by atoms with E-state index < -0.39 is 17.9 Å². The molecule has 0 spiro atoms. The predicted molar refractivity (Wildman–Crippen MR) is 61.1 cm³/mol. The molecule has 5 heteroatoms. The fourth-order valence-corrected chi connectivity index (χ4v) is 1.47. The maximum atomic E-state index is 11.9. The van der Waals surface area contributed by atoms with Gasteiger partial charge in [0.2, 0.25) is 0 Å². The molecule has 17 heavy (non-hydrogen) atoms. The first kappa shape index (κ1) is 15.6. The van der Waals surface area contributed by atoms with Crippen LogP contribution in [0, 0.1) is 5.92 Å². The molecular weight excluding hydrogens is 227 g/mol. The number of carbonyl (C=O) groups excluding carboxylic acids is 2. The summed E-state index contributed by atoms with van der Waals surface area (Å²) in [4.78, 5) is 22.7. The second-order valence-electron chi connectivity index (χ2n) is 3.63. The maximum Gasteiger partial charge on any atom is 0.334 e. The highest BCUT2D eigenvalue weighted by atomic mass is 19.1. The number of hydrogen-bond acceptors (Lipinski definition) is 4. The number of methoxy groups -OCH3 is 2. The van der Waals surface area contributed by atoms with Crippen molar-refractivity contribution in [2.24, 2.45) is 5.92 Å². The molecule has 0 rings (SSSR count). The normalized spacial score (nSPS) is 11.7. The van der Waals surface area contributed by atoms with Crippen molar-refractivity contribution in [2.45, 2.75) is 25.7 Å². The summed E-state index contributed by atoms with van der Waals surface area (Å²) in [5, 5.41) is 0. The van der Waals surface area contributed by atoms with Gasteiger partial charge in [-0.15, -0.1) is 0 Å². The number of rotatable bonds is 8. The fraction of sp³-hybridized carbons (Fsp3) is 0.667. The summed E-state index contributed by atoms with van der Waals surface area (Å²) in [6.45, 7) is 3.17. The van der Waals surface area contributed by atoms with E-state index in [1.165, 1.54) is 14.2 Å². The Bertz CT molecular complexity index is 276. The number of esters is 2. The van der Waals surface area contributed by atoms with Crippen LogP contribution in [-0.2, 0) is 19.1 Å². The van der Waals surface area contributed by atoms with Gasteiger partial charge >= 0.3 is 11.9 Å². The first-order chi connectivity index (χ1) is 8.08. The molecule has 0 bridgehead atoms. The highest BCUT2D eigenvalue weighted by Crippen LogP contribution is 2.20. The Morgan fingerprint density at radius 2 is 1.82 bits per heavy atom. The van der Waals surface area contributed by atoms with Gasteiger partial charge in [0.1, 0.15) is 0 Å². The summed E-state index contributed by atoms with van der Waals surface area (Å²) in [6, 6.07) is 0. The highest BCUT2D eigenvalue weighted by molar-refractivity contribution is 5.94. The molecule has 0 fully saturated rings. The van der Waals surface area contributed by atoms with Crippen LogP contribution in [0.3, 0.4) is 0 Å². The van der Waals surface area contributed by atoms with E-state index in [0.29, 0.717) is 25.7 Å². The number of alkyl halides is 1. The van der Waals surface area contributed by atoms with Crippen LogP contribution >= 0.6 is 0 Å². The molecule has 0 saturated heterocycles. The third kappa shape index (κ3) is 5.47. The Balaban J connectivity index is 4.38. The van der Waals surface area contributed by atoms with Crippen LogP contribution in [0.15, 0.2) is 12.2 Å². The van der Waals surface area contributed by atoms with Crippen LogP contribution in [0.1, 0.15) is 25.7 Å². The van der Waals surface area contributed by atoms with Crippen LogP contribution in [-0.4, -0.2) is 32.8 Å². The van der Waals surface area contributed by atoms with Crippen molar-refractivity contribution in [1.29, 1.82) is 0 Å². The van der Waals surface area contributed by atoms with Gasteiger partial charge in [-0.2, -0.15) is 0 Å². The minimum Gasteiger partial charge on any atom is -0.469 e. The zero-order valence-electron chi connectivity index (χ0n) is 10.3. The second-order valence-corrected chi connectivity index (χ2v) is 3.63. The van der Waals surface area contributed by atoms with Crippen LogP contribution in [0.5, 0.6) is 0 Å². The van der Waals surface area contributed by atoms with Gasteiger partial charge in [-0.3, -0.25) is 9.18 Å². The van der Waals surface area contributed by atoms with E-state index in [2.05, 4.69) is 16.1 Å². The Kier molecular flexibility index (Phi) is 8.01. The van der Waals surface area contributed by atoms with Gasteiger partial charge < -0.3 is 9.47 Å². The zero-order valence-corrected chi connectivity index (χ0v) is 10.3. The predicted octanol–water partition coefficient (Wildman–Crippen LogP) is 2.03. The molecule has 0 aliphatic carbocycles. The van der Waals surface area contributed by atoms with Gasteiger partial charge in [-0.1, -0.05) is 19.4 Å². The minimum absolute atomic E-state index is 0.0830. The Morgan fingerprint density at radius 3 is 2.29 bits per heavy atom. The molecule has 0 aromatic heterocycles. The van der Waals surface area contributed by atoms with Crippen LogP contribution < -0.4 is 0 Å². The molecule has 1 unspecified atom stereocenters. The third-order valence-corrected chi connectivity index (χ3v) is 2.48. The first-order valence-corrected chi connectivity index (χ1v) is 5.49. The molecule has 0 amide bonds. The van der Waals surface area contributed by atoms with Crippen molar-refractivity contribution in [3.63, 3.8) is 0 Å². The summed E-state index contributed by atoms with van der Waals surface area (Å²) in [6.07, 6.45) is 2.18. The zero-order chi connectivity index (χ0) is 13.3. The molecule has 0 aromatic carbocycles. The molecule has 1 atom stereocenters. The van der Waals surface area contributed by atoms with Gasteiger partial charge in [-0.25, -0.2) is 4.79 Å². The fourth-order valence-electron chi connectivity index (χ4n) is 1.47. The molecule has 0 radical (unpaired) electrons. The molecule has 0 aliphatic heterocycles. The van der Waals surface area contributed by atoms with E-state index in [-0.39, 0.29) is 12.2 Å². The summed E-state index contributed by atoms with van der Waals surface area (Å²) >= 11 is 0. The number of ether oxygens (including phenoxy) is 2. The van der Waals surface area contributed by atoms with Crippen molar-refractivity contribution in [1.82, 2.24) is 0 Å². The topological polar surface area (TPSA) is 52.6 Å². The monoisotopic (exact) mass is 246 g/mol. The number of hydrogen-bond donors (Lipinski definition) is 0. The molecular formula is C12H19FO4. The van der Waals surface area contributed by atoms with E-state index in [9.17, 15) is 14.0 Å². The van der Waals surface area contributed by atoms with Crippen LogP contribution in [0.4, 0.5) is 4.39 Å². The average Bonchev–Trinajstić information content (AvgIpc) is 2.36. The molecule has 0 heterocycles. The van der Waals surface area contributed by atoms with Gasteiger partial charge in [0.15, 0.2) is 0 Å². The van der Waals surface area contributed by atoms with Crippen molar-refractivity contribution in [2.75, 3.05) is 20.9 Å². The smallest absolute Gasteiger partial charge is 0.334 e. The van der Waals surface area contributed by atoms with Gasteiger partial charge in [0, 0.05) is 5.57 Å². The lowest BCUT2D eigenvalue weighted by Crippen LogP contribution is -2.23. The lowest BCUT2D eigenvalue weighted by atomic mass is 9.94. The van der Waals surface area contributed by atoms with Gasteiger partial charge in [-0.05, 0) is 12.8 Å². The minimum atomic E-state index is -0.702. The van der Waals surface area contributed by atoms with E-state index in [0.717, 1.165) is 0 Å². The third-order valence-electron chi connectivity index (χ3n) is 2.48. The van der Waals surface area contributed by atoms with Crippen LogP contribution in [0.25, 0.3) is 0 Å². The van der Waals surface area contributed by atoms with Crippen molar-refractivity contribution < 1.29 is 23.5 Å². The summed E-state index contributed by atoms with van der Waals surface area (Å²) < 4.78 is 21.0. The highest BCUT2D eigenvalue weighted by Gasteiger charge is 2.26. The van der Waals surface area contributed by atoms with Crippen molar-refractivity contribution in [3.05, 3.63) is 12.2 Å². The van der Waals surface area contributed by atoms with E-state index in [1.807, 2.05) is 0 Å². The van der Waals surface area contributed by atoms with Crippen molar-refractivity contribution >= 4 is 11.9 Å². The Morgan fingerprint density at radius 1 is 1.18 bits per heavy atom. The van der Waals surface area contributed by atoms with E-state index >= 15 is 0 Å².